The van der Waals surface area contributed by atoms with Crippen LogP contribution in [0.2, 0.25) is 0 Å². The number of aromatic nitrogens is 1. The van der Waals surface area contributed by atoms with Gasteiger partial charge in [0.1, 0.15) is 9.96 Å². The highest BCUT2D eigenvalue weighted by atomic mass is 32.2. The second-order valence-electron chi connectivity index (χ2n) is 7.05. The molecule has 8 nitrogen and oxygen atoms in total. The van der Waals surface area contributed by atoms with Crippen LogP contribution in [0, 0.1) is 5.82 Å². The van der Waals surface area contributed by atoms with Gasteiger partial charge in [0.25, 0.3) is 0 Å². The van der Waals surface area contributed by atoms with Crippen molar-refractivity contribution in [3.05, 3.63) is 78.2 Å². The molecule has 174 valence electrons. The van der Waals surface area contributed by atoms with Crippen molar-refractivity contribution in [1.82, 2.24) is 10.3 Å². The third kappa shape index (κ3) is 5.72. The second-order valence-corrected chi connectivity index (χ2v) is 10.3. The highest BCUT2D eigenvalue weighted by Gasteiger charge is 2.17. The van der Waals surface area contributed by atoms with E-state index >= 15 is 0 Å². The largest absolute Gasteiger partial charge is 0.453 e. The van der Waals surface area contributed by atoms with Crippen molar-refractivity contribution in [3.63, 3.8) is 0 Å². The van der Waals surface area contributed by atoms with Gasteiger partial charge in [0, 0.05) is 24.0 Å². The molecule has 0 saturated carbocycles. The van der Waals surface area contributed by atoms with Crippen molar-refractivity contribution in [2.75, 3.05) is 5.32 Å². The number of nitrogens with two attached hydrogens (primary N) is 1. The van der Waals surface area contributed by atoms with Crippen LogP contribution < -0.4 is 20.5 Å². The minimum absolute atomic E-state index is 0.0268. The Bertz CT molecular complexity index is 1490. The molecular formula is C22H17FN4O4S3. The van der Waals surface area contributed by atoms with E-state index in [0.717, 1.165) is 23.0 Å². The van der Waals surface area contributed by atoms with E-state index in [4.69, 9.17) is 22.1 Å². The van der Waals surface area contributed by atoms with Gasteiger partial charge in [0.15, 0.2) is 16.7 Å². The summed E-state index contributed by atoms with van der Waals surface area (Å²) in [5.74, 6) is -0.868. The Balaban J connectivity index is 1.44. The van der Waals surface area contributed by atoms with E-state index in [1.807, 2.05) is 30.3 Å². The molecule has 2 aromatic heterocycles. The number of ether oxygens (including phenoxy) is 1. The lowest BCUT2D eigenvalue weighted by molar-refractivity contribution is -0.119. The minimum atomic E-state index is -3.91. The highest BCUT2D eigenvalue weighted by Crippen LogP contribution is 2.37. The summed E-state index contributed by atoms with van der Waals surface area (Å²) in [6.07, 6.45) is 1.57. The van der Waals surface area contributed by atoms with Gasteiger partial charge in [0.2, 0.25) is 15.9 Å². The number of primary sulfonamides is 1. The van der Waals surface area contributed by atoms with E-state index < -0.39 is 15.8 Å². The molecule has 0 radical (unpaired) electrons. The number of pyridine rings is 1. The Morgan fingerprint density at radius 2 is 1.88 bits per heavy atom. The molecule has 4 aromatic rings. The lowest BCUT2D eigenvalue weighted by Gasteiger charge is -2.12. The SMILES string of the molecule is NS(=O)(=O)c1cc2nccc(Oc3ccc(NC(=S)NC(=O)Cc4ccccc4)cc3F)c2s1. The van der Waals surface area contributed by atoms with Crippen LogP contribution in [0.1, 0.15) is 5.56 Å². The Hall–Kier alpha value is -3.45. The molecule has 34 heavy (non-hydrogen) atoms. The number of nitrogens with one attached hydrogen (secondary N) is 2. The lowest BCUT2D eigenvalue weighted by Crippen LogP contribution is -2.35. The molecule has 0 aliphatic heterocycles. The summed E-state index contributed by atoms with van der Waals surface area (Å²) >= 11 is 6.01. The number of carbonyl (C=O) groups is 1. The number of halogens is 1. The van der Waals surface area contributed by atoms with Gasteiger partial charge >= 0.3 is 0 Å². The van der Waals surface area contributed by atoms with Crippen LogP contribution in [0.25, 0.3) is 10.2 Å². The van der Waals surface area contributed by atoms with Gasteiger partial charge in [-0.25, -0.2) is 17.9 Å². The standard InChI is InChI=1S/C22H17FN4O4S3/c23-15-11-14(26-22(32)27-19(28)10-13-4-2-1-3-5-13)6-7-17(15)31-18-8-9-25-16-12-20(33-21(16)18)34(24,29)30/h1-9,11-12H,10H2,(H2,24,29,30)(H2,26,27,28,32). The number of fused-ring (bicyclic) bond motifs is 1. The van der Waals surface area contributed by atoms with Gasteiger partial charge in [-0.15, -0.1) is 11.3 Å². The van der Waals surface area contributed by atoms with Crippen molar-refractivity contribution in [3.8, 4) is 11.5 Å². The summed E-state index contributed by atoms with van der Waals surface area (Å²) in [5, 5.41) is 10.5. The van der Waals surface area contributed by atoms with E-state index in [9.17, 15) is 17.6 Å². The number of thiophene rings is 1. The van der Waals surface area contributed by atoms with E-state index in [0.29, 0.717) is 15.9 Å². The third-order valence-electron chi connectivity index (χ3n) is 4.50. The van der Waals surface area contributed by atoms with Crippen LogP contribution in [0.4, 0.5) is 10.1 Å². The molecule has 2 heterocycles. The average Bonchev–Trinajstić information content (AvgIpc) is 3.22. The average molecular weight is 517 g/mol. The number of thiocarbonyl (C=S) groups is 1. The number of hydrogen-bond acceptors (Lipinski definition) is 7. The maximum absolute atomic E-state index is 14.7. The smallest absolute Gasteiger partial charge is 0.247 e. The zero-order chi connectivity index (χ0) is 24.3. The highest BCUT2D eigenvalue weighted by molar-refractivity contribution is 7.91. The van der Waals surface area contributed by atoms with E-state index in [-0.39, 0.29) is 33.1 Å². The molecule has 12 heteroatoms. The van der Waals surface area contributed by atoms with Gasteiger partial charge in [-0.05, 0) is 36.0 Å². The van der Waals surface area contributed by atoms with Gasteiger partial charge in [-0.3, -0.25) is 9.78 Å². The van der Waals surface area contributed by atoms with Crippen molar-refractivity contribution < 1.29 is 22.3 Å². The predicted molar refractivity (Wildman–Crippen MR) is 132 cm³/mol. The monoisotopic (exact) mass is 516 g/mol. The molecule has 0 aliphatic rings. The van der Waals surface area contributed by atoms with Gasteiger partial charge < -0.3 is 15.4 Å². The molecular weight excluding hydrogens is 499 g/mol. The van der Waals surface area contributed by atoms with Gasteiger partial charge in [-0.1, -0.05) is 30.3 Å². The number of hydrogen-bond donors (Lipinski definition) is 3. The van der Waals surface area contributed by atoms with Crippen molar-refractivity contribution in [1.29, 1.82) is 0 Å². The first-order chi connectivity index (χ1) is 16.2. The fourth-order valence-corrected chi connectivity index (χ4v) is 5.03. The first-order valence-electron chi connectivity index (χ1n) is 9.72. The third-order valence-corrected chi connectivity index (χ3v) is 7.27. The Morgan fingerprint density at radius 1 is 1.12 bits per heavy atom. The molecule has 0 saturated heterocycles. The summed E-state index contributed by atoms with van der Waals surface area (Å²) in [5.41, 5.74) is 1.51. The molecule has 2 aromatic carbocycles. The first-order valence-corrected chi connectivity index (χ1v) is 12.5. The number of amides is 1. The second kappa shape index (κ2) is 9.81. The van der Waals surface area contributed by atoms with Crippen LogP contribution in [0.5, 0.6) is 11.5 Å². The molecule has 0 aliphatic carbocycles. The van der Waals surface area contributed by atoms with Crippen molar-refractivity contribution in [2.24, 2.45) is 5.14 Å². The maximum Gasteiger partial charge on any atom is 0.247 e. The summed E-state index contributed by atoms with van der Waals surface area (Å²) in [6, 6.07) is 16.1. The number of anilines is 1. The topological polar surface area (TPSA) is 123 Å². The summed E-state index contributed by atoms with van der Waals surface area (Å²) in [6.45, 7) is 0. The van der Waals surface area contributed by atoms with E-state index in [2.05, 4.69) is 15.6 Å². The van der Waals surface area contributed by atoms with E-state index in [1.54, 1.807) is 0 Å². The minimum Gasteiger partial charge on any atom is -0.453 e. The zero-order valence-corrected chi connectivity index (χ0v) is 19.8. The maximum atomic E-state index is 14.7. The van der Waals surface area contributed by atoms with E-state index in [1.165, 1.54) is 30.5 Å². The quantitative estimate of drug-likeness (QED) is 0.332. The first kappa shape index (κ1) is 23.7. The molecule has 4 rings (SSSR count). The predicted octanol–water partition coefficient (Wildman–Crippen LogP) is 3.93. The number of nitrogens with zero attached hydrogens (tertiary/aromatic N) is 1. The molecule has 0 bridgehead atoms. The molecule has 0 unspecified atom stereocenters. The van der Waals surface area contributed by atoms with Gasteiger partial charge in [-0.2, -0.15) is 0 Å². The summed E-state index contributed by atoms with van der Waals surface area (Å²) in [7, 11) is -3.91. The van der Waals surface area contributed by atoms with Crippen molar-refractivity contribution >= 4 is 60.5 Å². The van der Waals surface area contributed by atoms with Gasteiger partial charge in [0.05, 0.1) is 16.6 Å². The Morgan fingerprint density at radius 3 is 2.59 bits per heavy atom. The number of carbonyl (C=O) groups excluding carboxylic acids is 1. The lowest BCUT2D eigenvalue weighted by atomic mass is 10.1. The van der Waals surface area contributed by atoms with Crippen LogP contribution in [0.3, 0.4) is 0 Å². The van der Waals surface area contributed by atoms with Crippen LogP contribution in [-0.4, -0.2) is 24.4 Å². The summed E-state index contributed by atoms with van der Waals surface area (Å²) < 4.78 is 44.0. The number of sulfonamides is 1. The Labute approximate surface area is 203 Å². The van der Waals surface area contributed by atoms with Crippen LogP contribution in [-0.2, 0) is 21.2 Å². The normalized spacial score (nSPS) is 11.2. The molecule has 0 spiro atoms. The van der Waals surface area contributed by atoms with Crippen LogP contribution >= 0.6 is 23.6 Å². The van der Waals surface area contributed by atoms with Crippen LogP contribution in [0.15, 0.2) is 71.1 Å². The number of benzene rings is 2. The molecule has 0 fully saturated rings. The van der Waals surface area contributed by atoms with Crippen molar-refractivity contribution in [2.45, 2.75) is 10.6 Å². The zero-order valence-electron chi connectivity index (χ0n) is 17.3. The Kier molecular flexibility index (Phi) is 6.84. The molecule has 4 N–H and O–H groups in total. The fraction of sp³-hybridized carbons (Fsp3) is 0.0455. The molecule has 0 atom stereocenters. The number of rotatable bonds is 6. The summed E-state index contributed by atoms with van der Waals surface area (Å²) in [4.78, 5) is 16.2. The fourth-order valence-electron chi connectivity index (χ4n) is 3.01. The molecule has 1 amide bonds.